The number of amides is 1. The molecule has 0 spiro atoms. The van der Waals surface area contributed by atoms with Crippen LogP contribution >= 0.6 is 11.6 Å². The van der Waals surface area contributed by atoms with Crippen LogP contribution in [0.5, 0.6) is 0 Å². The minimum Gasteiger partial charge on any atom is -0.463 e. The van der Waals surface area contributed by atoms with E-state index >= 15 is 0 Å². The van der Waals surface area contributed by atoms with Gasteiger partial charge in [0.25, 0.3) is 5.91 Å². The third-order valence-electron chi connectivity index (χ3n) is 3.16. The van der Waals surface area contributed by atoms with E-state index in [-0.39, 0.29) is 5.91 Å². The van der Waals surface area contributed by atoms with Gasteiger partial charge in [-0.1, -0.05) is 29.8 Å². The van der Waals surface area contributed by atoms with Gasteiger partial charge in [0.1, 0.15) is 11.8 Å². The molecule has 2 aromatic rings. The minimum absolute atomic E-state index is 0.270. The number of carbonyl (C=O) groups excluding carboxylic acids is 1. The predicted octanol–water partition coefficient (Wildman–Crippen LogP) is 2.15. The van der Waals surface area contributed by atoms with Gasteiger partial charge >= 0.3 is 0 Å². The first-order chi connectivity index (χ1) is 10.7. The van der Waals surface area contributed by atoms with Crippen LogP contribution in [-0.4, -0.2) is 23.9 Å². The Morgan fingerprint density at radius 1 is 1.41 bits per heavy atom. The normalized spacial score (nSPS) is 17.3. The molecule has 7 heteroatoms. The Balaban J connectivity index is 1.57. The van der Waals surface area contributed by atoms with Gasteiger partial charge in [0, 0.05) is 17.0 Å². The molecule has 2 N–H and O–H groups in total. The van der Waals surface area contributed by atoms with Gasteiger partial charge in [-0.3, -0.25) is 10.2 Å². The topological polar surface area (TPSA) is 79.0 Å². The third kappa shape index (κ3) is 3.17. The molecule has 0 aliphatic carbocycles. The lowest BCUT2D eigenvalue weighted by Gasteiger charge is -2.07. The molecule has 3 rings (SSSR count). The van der Waals surface area contributed by atoms with Gasteiger partial charge in [0.15, 0.2) is 0 Å². The van der Waals surface area contributed by atoms with Crippen molar-refractivity contribution < 1.29 is 9.21 Å². The second-order valence-electron chi connectivity index (χ2n) is 4.67. The first-order valence-electron chi connectivity index (χ1n) is 6.67. The van der Waals surface area contributed by atoms with Gasteiger partial charge in [0.05, 0.1) is 18.2 Å². The zero-order valence-electron chi connectivity index (χ0n) is 11.5. The fraction of sp³-hybridized carbons (Fsp3) is 0.133. The second kappa shape index (κ2) is 6.44. The van der Waals surface area contributed by atoms with Crippen LogP contribution in [0.25, 0.3) is 0 Å². The largest absolute Gasteiger partial charge is 0.463 e. The third-order valence-corrected chi connectivity index (χ3v) is 3.49. The molecular formula is C15H13ClN4O2. The highest BCUT2D eigenvalue weighted by Gasteiger charge is 2.26. The van der Waals surface area contributed by atoms with Crippen molar-refractivity contribution >= 4 is 29.4 Å². The monoisotopic (exact) mass is 316 g/mol. The number of hydrogen-bond acceptors (Lipinski definition) is 5. The Labute approximate surface area is 131 Å². The first kappa shape index (κ1) is 14.3. The van der Waals surface area contributed by atoms with Crippen molar-refractivity contribution in [3.05, 3.63) is 59.0 Å². The highest BCUT2D eigenvalue weighted by Crippen LogP contribution is 2.20. The lowest BCUT2D eigenvalue weighted by atomic mass is 10.0. The molecule has 1 amide bonds. The Kier molecular flexibility index (Phi) is 4.20. The van der Waals surface area contributed by atoms with Crippen molar-refractivity contribution in [2.24, 2.45) is 10.2 Å². The summed E-state index contributed by atoms with van der Waals surface area (Å²) in [5.74, 6) is 0.293. The molecular weight excluding hydrogens is 304 g/mol. The van der Waals surface area contributed by atoms with Crippen LogP contribution in [0, 0.1) is 0 Å². The van der Waals surface area contributed by atoms with Crippen LogP contribution in [0.3, 0.4) is 0 Å². The highest BCUT2D eigenvalue weighted by molar-refractivity contribution is 6.34. The van der Waals surface area contributed by atoms with E-state index in [1.165, 1.54) is 12.5 Å². The van der Waals surface area contributed by atoms with Crippen molar-refractivity contribution in [3.63, 3.8) is 0 Å². The molecule has 6 nitrogen and oxygen atoms in total. The molecule has 2 heterocycles. The molecule has 0 radical (unpaired) electrons. The van der Waals surface area contributed by atoms with Gasteiger partial charge in [-0.05, 0) is 18.2 Å². The first-order valence-corrected chi connectivity index (χ1v) is 7.05. The zero-order chi connectivity index (χ0) is 15.4. The molecule has 1 aromatic heterocycles. The summed E-state index contributed by atoms with van der Waals surface area (Å²) >= 11 is 6.13. The van der Waals surface area contributed by atoms with Crippen molar-refractivity contribution in [1.29, 1.82) is 0 Å². The van der Waals surface area contributed by atoms with E-state index in [0.29, 0.717) is 17.2 Å². The van der Waals surface area contributed by atoms with Crippen LogP contribution < -0.4 is 10.9 Å². The van der Waals surface area contributed by atoms with Gasteiger partial charge in [-0.2, -0.15) is 10.2 Å². The van der Waals surface area contributed by atoms with Gasteiger partial charge in [0.2, 0.25) is 0 Å². The zero-order valence-corrected chi connectivity index (χ0v) is 12.2. The summed E-state index contributed by atoms with van der Waals surface area (Å²) in [5.41, 5.74) is 6.82. The van der Waals surface area contributed by atoms with Crippen molar-refractivity contribution in [2.45, 2.75) is 12.5 Å². The van der Waals surface area contributed by atoms with Crippen LogP contribution in [0.15, 0.2) is 57.3 Å². The Bertz CT molecular complexity index is 725. The molecule has 0 saturated carbocycles. The summed E-state index contributed by atoms with van der Waals surface area (Å²) in [6.07, 6.45) is 3.42. The van der Waals surface area contributed by atoms with Crippen LogP contribution in [0.1, 0.15) is 17.7 Å². The number of carbonyl (C=O) groups is 1. The maximum Gasteiger partial charge on any atom is 0.264 e. The van der Waals surface area contributed by atoms with E-state index < -0.39 is 6.04 Å². The number of halogens is 1. The van der Waals surface area contributed by atoms with Crippen LogP contribution in [0.2, 0.25) is 5.02 Å². The standard InChI is InChI=1S/C15H13ClN4O2/c16-12-6-2-1-5-11(12)13-8-14(19-18-13)15(21)20-17-9-10-4-3-7-22-10/h1-7,9,14,19H,8H2,(H,20,21)/b17-9+. The van der Waals surface area contributed by atoms with Crippen molar-refractivity contribution in [3.8, 4) is 0 Å². The number of benzene rings is 1. The Hall–Kier alpha value is -2.60. The molecule has 1 aliphatic rings. The average Bonchev–Trinajstić information content (AvgIpc) is 3.19. The average molecular weight is 317 g/mol. The number of hydrazone groups is 2. The fourth-order valence-electron chi connectivity index (χ4n) is 2.06. The fourth-order valence-corrected chi connectivity index (χ4v) is 2.30. The number of nitrogens with zero attached hydrogens (tertiary/aromatic N) is 2. The SMILES string of the molecule is O=C(N/N=C/c1ccco1)C1CC(c2ccccc2Cl)=NN1. The van der Waals surface area contributed by atoms with E-state index in [1.54, 1.807) is 18.2 Å². The Morgan fingerprint density at radius 2 is 2.27 bits per heavy atom. The minimum atomic E-state index is -0.472. The van der Waals surface area contributed by atoms with Gasteiger partial charge < -0.3 is 4.42 Å². The van der Waals surface area contributed by atoms with E-state index in [2.05, 4.69) is 21.1 Å². The summed E-state index contributed by atoms with van der Waals surface area (Å²) < 4.78 is 5.08. The Morgan fingerprint density at radius 3 is 3.05 bits per heavy atom. The molecule has 1 unspecified atom stereocenters. The van der Waals surface area contributed by atoms with E-state index in [9.17, 15) is 4.79 Å². The van der Waals surface area contributed by atoms with Gasteiger partial charge in [-0.25, -0.2) is 5.43 Å². The molecule has 1 atom stereocenters. The molecule has 1 aromatic carbocycles. The van der Waals surface area contributed by atoms with Gasteiger partial charge in [-0.15, -0.1) is 0 Å². The summed E-state index contributed by atoms with van der Waals surface area (Å²) in [7, 11) is 0. The maximum absolute atomic E-state index is 12.0. The molecule has 0 fully saturated rings. The quantitative estimate of drug-likeness (QED) is 0.670. The number of hydrogen-bond donors (Lipinski definition) is 2. The van der Waals surface area contributed by atoms with E-state index in [0.717, 1.165) is 11.3 Å². The lowest BCUT2D eigenvalue weighted by molar-refractivity contribution is -0.122. The second-order valence-corrected chi connectivity index (χ2v) is 5.08. The van der Waals surface area contributed by atoms with E-state index in [1.807, 2.05) is 18.2 Å². The predicted molar refractivity (Wildman–Crippen MR) is 84.0 cm³/mol. The molecule has 112 valence electrons. The van der Waals surface area contributed by atoms with Crippen molar-refractivity contribution in [2.75, 3.05) is 0 Å². The molecule has 0 saturated heterocycles. The summed E-state index contributed by atoms with van der Waals surface area (Å²) in [6, 6.07) is 10.4. The molecule has 22 heavy (non-hydrogen) atoms. The highest BCUT2D eigenvalue weighted by atomic mass is 35.5. The van der Waals surface area contributed by atoms with E-state index in [4.69, 9.17) is 16.0 Å². The molecule has 0 bridgehead atoms. The van der Waals surface area contributed by atoms with Crippen LogP contribution in [-0.2, 0) is 4.79 Å². The summed E-state index contributed by atoms with van der Waals surface area (Å²) in [6.45, 7) is 0. The lowest BCUT2D eigenvalue weighted by Crippen LogP contribution is -2.37. The smallest absolute Gasteiger partial charge is 0.264 e. The van der Waals surface area contributed by atoms with Crippen molar-refractivity contribution in [1.82, 2.24) is 10.9 Å². The number of rotatable bonds is 4. The number of nitrogens with one attached hydrogen (secondary N) is 2. The van der Waals surface area contributed by atoms with Crippen LogP contribution in [0.4, 0.5) is 0 Å². The number of furan rings is 1. The molecule has 1 aliphatic heterocycles. The maximum atomic E-state index is 12.0. The summed E-state index contributed by atoms with van der Waals surface area (Å²) in [5, 5.41) is 8.63. The summed E-state index contributed by atoms with van der Waals surface area (Å²) in [4.78, 5) is 12.0.